The van der Waals surface area contributed by atoms with E-state index in [0.717, 1.165) is 12.8 Å². The van der Waals surface area contributed by atoms with Crippen LogP contribution in [0, 0.1) is 0 Å². The fourth-order valence-corrected chi connectivity index (χ4v) is 1.74. The van der Waals surface area contributed by atoms with Crippen LogP contribution in [0.3, 0.4) is 0 Å². The largest absolute Gasteiger partial charge is 0.504 e. The summed E-state index contributed by atoms with van der Waals surface area (Å²) in [5.74, 6) is -0.298. The van der Waals surface area contributed by atoms with Crippen LogP contribution in [0.15, 0.2) is 9.59 Å². The number of hydrogen-bond acceptors (Lipinski definition) is 3. The first kappa shape index (κ1) is 12.0. The molecule has 0 aliphatic heterocycles. The number of aromatic hydroxyl groups is 1. The predicted molar refractivity (Wildman–Crippen MR) is 60.1 cm³/mol. The van der Waals surface area contributed by atoms with E-state index in [1.165, 1.54) is 25.7 Å². The fraction of sp³-hybridized carbons (Fsp3) is 0.667. The summed E-state index contributed by atoms with van der Waals surface area (Å²) in [7, 11) is 0. The van der Waals surface area contributed by atoms with Gasteiger partial charge >= 0.3 is 0 Å². The number of hydrogen-bond donors (Lipinski definition) is 1. The van der Waals surface area contributed by atoms with Crippen molar-refractivity contribution >= 4 is 0 Å². The Hall–Kier alpha value is -1.12. The lowest BCUT2D eigenvalue weighted by Gasteiger charge is -2.04. The molecule has 0 saturated carbocycles. The third-order valence-corrected chi connectivity index (χ3v) is 2.76. The summed E-state index contributed by atoms with van der Waals surface area (Å²) in [6.45, 7) is 2.17. The maximum absolute atomic E-state index is 11.0. The first-order valence-corrected chi connectivity index (χ1v) is 5.69. The topological polar surface area (TPSA) is 54.4 Å². The Morgan fingerprint density at radius 2 is 1.53 bits per heavy atom. The molecule has 1 aromatic rings. The molecular formula is C12H18O3. The van der Waals surface area contributed by atoms with Gasteiger partial charge in [-0.1, -0.05) is 39.0 Å². The van der Waals surface area contributed by atoms with E-state index < -0.39 is 10.9 Å². The highest BCUT2D eigenvalue weighted by Crippen LogP contribution is 2.13. The normalized spacial score (nSPS) is 11.0. The van der Waals surface area contributed by atoms with Crippen molar-refractivity contribution in [3.63, 3.8) is 0 Å². The van der Waals surface area contributed by atoms with Gasteiger partial charge in [0.15, 0.2) is 5.75 Å². The standard InChI is InChI=1S/C12H18O3/c1-2-3-4-5-6-7-8-9-10(13)12(15)11(9)14/h13H,2-8H2,1H3. The van der Waals surface area contributed by atoms with Crippen LogP contribution >= 0.6 is 0 Å². The van der Waals surface area contributed by atoms with Gasteiger partial charge in [0, 0.05) is 5.56 Å². The van der Waals surface area contributed by atoms with Crippen LogP contribution in [0.25, 0.3) is 0 Å². The molecular weight excluding hydrogens is 192 g/mol. The Kier molecular flexibility index (Phi) is 4.53. The maximum Gasteiger partial charge on any atom is 0.267 e. The first-order chi connectivity index (χ1) is 7.18. The minimum absolute atomic E-state index is 0.298. The van der Waals surface area contributed by atoms with Crippen molar-refractivity contribution < 1.29 is 5.11 Å². The summed E-state index contributed by atoms with van der Waals surface area (Å²) in [5, 5.41) is 9.10. The van der Waals surface area contributed by atoms with Gasteiger partial charge in [0.2, 0.25) is 5.43 Å². The molecule has 0 saturated heterocycles. The van der Waals surface area contributed by atoms with Crippen molar-refractivity contribution in [1.82, 2.24) is 0 Å². The molecule has 0 bridgehead atoms. The van der Waals surface area contributed by atoms with Crippen LogP contribution < -0.4 is 10.9 Å². The lowest BCUT2D eigenvalue weighted by Crippen LogP contribution is -2.34. The SMILES string of the molecule is CCCCCCCCc1c(O)c(=O)c1=O. The van der Waals surface area contributed by atoms with Crippen LogP contribution in [-0.2, 0) is 6.42 Å². The van der Waals surface area contributed by atoms with E-state index in [9.17, 15) is 9.59 Å². The predicted octanol–water partition coefficient (Wildman–Crippen LogP) is 1.89. The van der Waals surface area contributed by atoms with Gasteiger partial charge in [-0.15, -0.1) is 0 Å². The van der Waals surface area contributed by atoms with Crippen molar-refractivity contribution in [2.45, 2.75) is 51.9 Å². The fourth-order valence-electron chi connectivity index (χ4n) is 1.74. The first-order valence-electron chi connectivity index (χ1n) is 5.69. The van der Waals surface area contributed by atoms with E-state index in [-0.39, 0.29) is 5.75 Å². The van der Waals surface area contributed by atoms with Gasteiger partial charge in [-0.25, -0.2) is 0 Å². The van der Waals surface area contributed by atoms with Crippen molar-refractivity contribution in [1.29, 1.82) is 0 Å². The maximum atomic E-state index is 11.0. The van der Waals surface area contributed by atoms with E-state index in [1.54, 1.807) is 0 Å². The second kappa shape index (κ2) is 5.69. The van der Waals surface area contributed by atoms with Crippen molar-refractivity contribution in [2.24, 2.45) is 0 Å². The Labute approximate surface area is 89.4 Å². The second-order valence-electron chi connectivity index (χ2n) is 4.00. The molecule has 0 heterocycles. The molecule has 0 fully saturated rings. The quantitative estimate of drug-likeness (QED) is 0.552. The van der Waals surface area contributed by atoms with Crippen LogP contribution in [-0.4, -0.2) is 5.11 Å². The van der Waals surface area contributed by atoms with E-state index in [4.69, 9.17) is 5.11 Å². The molecule has 0 aromatic heterocycles. The molecule has 0 amide bonds. The zero-order chi connectivity index (χ0) is 11.3. The molecule has 3 heteroatoms. The second-order valence-corrected chi connectivity index (χ2v) is 4.00. The smallest absolute Gasteiger partial charge is 0.267 e. The highest BCUT2D eigenvalue weighted by atomic mass is 16.3. The van der Waals surface area contributed by atoms with Crippen molar-refractivity contribution in [2.75, 3.05) is 0 Å². The van der Waals surface area contributed by atoms with E-state index in [0.29, 0.717) is 12.0 Å². The van der Waals surface area contributed by atoms with Gasteiger partial charge in [0.05, 0.1) is 0 Å². The molecule has 0 aliphatic rings. The summed E-state index contributed by atoms with van der Waals surface area (Å²) < 4.78 is 0. The Balaban J connectivity index is 2.17. The Morgan fingerprint density at radius 1 is 0.933 bits per heavy atom. The van der Waals surface area contributed by atoms with Crippen LogP contribution in [0.2, 0.25) is 0 Å². The molecule has 0 aliphatic carbocycles. The number of rotatable bonds is 7. The van der Waals surface area contributed by atoms with E-state index in [2.05, 4.69) is 6.92 Å². The van der Waals surface area contributed by atoms with E-state index in [1.807, 2.05) is 0 Å². The summed E-state index contributed by atoms with van der Waals surface area (Å²) in [4.78, 5) is 21.7. The van der Waals surface area contributed by atoms with Crippen molar-refractivity contribution in [3.8, 4) is 5.75 Å². The van der Waals surface area contributed by atoms with E-state index >= 15 is 0 Å². The highest BCUT2D eigenvalue weighted by Gasteiger charge is 2.18. The van der Waals surface area contributed by atoms with Gasteiger partial charge in [-0.2, -0.15) is 0 Å². The Morgan fingerprint density at radius 3 is 2.13 bits per heavy atom. The molecule has 1 aromatic carbocycles. The lowest BCUT2D eigenvalue weighted by atomic mass is 10.0. The van der Waals surface area contributed by atoms with Crippen LogP contribution in [0.1, 0.15) is 51.0 Å². The summed E-state index contributed by atoms with van der Waals surface area (Å²) >= 11 is 0. The molecule has 15 heavy (non-hydrogen) atoms. The van der Waals surface area contributed by atoms with Gasteiger partial charge < -0.3 is 5.11 Å². The molecule has 0 radical (unpaired) electrons. The zero-order valence-corrected chi connectivity index (χ0v) is 9.21. The summed E-state index contributed by atoms with van der Waals surface area (Å²) in [6.07, 6.45) is 7.39. The molecule has 0 unspecified atom stereocenters. The van der Waals surface area contributed by atoms with Gasteiger partial charge in [-0.05, 0) is 12.8 Å². The van der Waals surface area contributed by atoms with Crippen LogP contribution in [0.4, 0.5) is 0 Å². The molecule has 84 valence electrons. The lowest BCUT2D eigenvalue weighted by molar-refractivity contribution is 0.451. The summed E-state index contributed by atoms with van der Waals surface area (Å²) in [6, 6.07) is 0. The summed E-state index contributed by atoms with van der Waals surface area (Å²) in [5.41, 5.74) is -0.854. The number of unbranched alkanes of at least 4 members (excludes halogenated alkanes) is 5. The molecule has 1 rings (SSSR count). The average Bonchev–Trinajstić information content (AvgIpc) is 2.26. The third-order valence-electron chi connectivity index (χ3n) is 2.76. The van der Waals surface area contributed by atoms with Crippen LogP contribution in [0.5, 0.6) is 5.75 Å². The van der Waals surface area contributed by atoms with Gasteiger partial charge in [0.25, 0.3) is 5.43 Å². The molecule has 1 N–H and O–H groups in total. The minimum Gasteiger partial charge on any atom is -0.504 e. The molecule has 0 spiro atoms. The highest BCUT2D eigenvalue weighted by molar-refractivity contribution is 5.37. The molecule has 3 nitrogen and oxygen atoms in total. The zero-order valence-electron chi connectivity index (χ0n) is 9.21. The molecule has 0 atom stereocenters. The third kappa shape index (κ3) is 2.91. The van der Waals surface area contributed by atoms with Gasteiger partial charge in [-0.3, -0.25) is 9.59 Å². The van der Waals surface area contributed by atoms with Gasteiger partial charge in [0.1, 0.15) is 0 Å². The Bertz CT molecular complexity index is 372. The van der Waals surface area contributed by atoms with Crippen molar-refractivity contribution in [3.05, 3.63) is 26.0 Å². The monoisotopic (exact) mass is 210 g/mol. The average molecular weight is 210 g/mol. The minimum atomic E-state index is -0.712.